The third-order valence-corrected chi connectivity index (χ3v) is 3.08. The minimum atomic E-state index is -0.511. The van der Waals surface area contributed by atoms with Gasteiger partial charge in [0.25, 0.3) is 5.91 Å². The van der Waals surface area contributed by atoms with E-state index in [1.165, 1.54) is 25.3 Å². The lowest BCUT2D eigenvalue weighted by atomic mass is 10.2. The van der Waals surface area contributed by atoms with Crippen LogP contribution < -0.4 is 15.8 Å². The summed E-state index contributed by atoms with van der Waals surface area (Å²) in [6.07, 6.45) is 0.834. The van der Waals surface area contributed by atoms with Crippen LogP contribution in [0.5, 0.6) is 5.75 Å². The van der Waals surface area contributed by atoms with Crippen molar-refractivity contribution >= 4 is 24.0 Å². The molecule has 112 valence electrons. The molecule has 1 aromatic carbocycles. The van der Waals surface area contributed by atoms with E-state index in [0.29, 0.717) is 18.7 Å². The van der Waals surface area contributed by atoms with Crippen molar-refractivity contribution in [1.29, 1.82) is 0 Å². The Labute approximate surface area is 123 Å². The van der Waals surface area contributed by atoms with Crippen LogP contribution in [-0.2, 0) is 9.53 Å². The van der Waals surface area contributed by atoms with Crippen LogP contribution in [0.2, 0.25) is 0 Å². The van der Waals surface area contributed by atoms with Crippen molar-refractivity contribution in [2.24, 2.45) is 5.73 Å². The monoisotopic (exact) mass is 304 g/mol. The highest BCUT2D eigenvalue weighted by Crippen LogP contribution is 2.26. The lowest BCUT2D eigenvalue weighted by Gasteiger charge is -2.14. The lowest BCUT2D eigenvalue weighted by molar-refractivity contribution is -0.126. The highest BCUT2D eigenvalue weighted by atomic mass is 35.5. The fraction of sp³-hybridized carbons (Fsp3) is 0.462. The Morgan fingerprint density at radius 2 is 2.30 bits per heavy atom. The van der Waals surface area contributed by atoms with Crippen LogP contribution >= 0.6 is 12.4 Å². The maximum atomic E-state index is 13.0. The Kier molecular flexibility index (Phi) is 6.19. The molecule has 20 heavy (non-hydrogen) atoms. The standard InChI is InChI=1S/C13H17FN2O3.ClH/c1-18-12-6-8(14)2-4-10(12)16-13(17)11-5-3-9(7-15)19-11;/h2,4,6,9,11H,3,5,7,15H2,1H3,(H,16,17);1H/t9-,11+;/m1./s1. The first-order chi connectivity index (χ1) is 9.13. The van der Waals surface area contributed by atoms with E-state index in [-0.39, 0.29) is 30.2 Å². The second kappa shape index (κ2) is 7.42. The summed E-state index contributed by atoms with van der Waals surface area (Å²) in [6, 6.07) is 3.94. The van der Waals surface area contributed by atoms with Crippen molar-refractivity contribution < 1.29 is 18.7 Å². The number of hydrogen-bond donors (Lipinski definition) is 2. The normalized spacial score (nSPS) is 21.1. The lowest BCUT2D eigenvalue weighted by Crippen LogP contribution is -2.29. The minimum Gasteiger partial charge on any atom is -0.494 e. The van der Waals surface area contributed by atoms with Gasteiger partial charge in [-0.25, -0.2) is 4.39 Å². The Balaban J connectivity index is 0.00000200. The molecule has 5 nitrogen and oxygen atoms in total. The van der Waals surface area contributed by atoms with Crippen molar-refractivity contribution in [1.82, 2.24) is 0 Å². The smallest absolute Gasteiger partial charge is 0.253 e. The fourth-order valence-corrected chi connectivity index (χ4v) is 2.05. The summed E-state index contributed by atoms with van der Waals surface area (Å²) in [4.78, 5) is 12.0. The zero-order chi connectivity index (χ0) is 13.8. The Morgan fingerprint density at radius 3 is 2.90 bits per heavy atom. The quantitative estimate of drug-likeness (QED) is 0.888. The molecule has 3 N–H and O–H groups in total. The van der Waals surface area contributed by atoms with Gasteiger partial charge in [0.05, 0.1) is 18.9 Å². The van der Waals surface area contributed by atoms with Crippen LogP contribution in [0.4, 0.5) is 10.1 Å². The van der Waals surface area contributed by atoms with Crippen molar-refractivity contribution in [2.45, 2.75) is 25.0 Å². The summed E-state index contributed by atoms with van der Waals surface area (Å²) in [5, 5.41) is 2.68. The molecule has 1 saturated heterocycles. The highest BCUT2D eigenvalue weighted by Gasteiger charge is 2.30. The summed E-state index contributed by atoms with van der Waals surface area (Å²) in [7, 11) is 1.42. The number of nitrogens with two attached hydrogens (primary N) is 1. The number of rotatable bonds is 4. The van der Waals surface area contributed by atoms with Crippen molar-refractivity contribution in [3.8, 4) is 5.75 Å². The second-order valence-corrected chi connectivity index (χ2v) is 4.39. The maximum absolute atomic E-state index is 13.0. The predicted octanol–water partition coefficient (Wildman–Crippen LogP) is 1.70. The molecule has 0 radical (unpaired) electrons. The van der Waals surface area contributed by atoms with E-state index in [1.54, 1.807) is 0 Å². The van der Waals surface area contributed by atoms with Crippen LogP contribution in [0.3, 0.4) is 0 Å². The van der Waals surface area contributed by atoms with Gasteiger partial charge in [0.1, 0.15) is 17.7 Å². The van der Waals surface area contributed by atoms with Crippen molar-refractivity contribution in [3.05, 3.63) is 24.0 Å². The van der Waals surface area contributed by atoms with Gasteiger partial charge in [0, 0.05) is 12.6 Å². The molecule has 2 atom stereocenters. The Bertz CT molecular complexity index is 473. The summed E-state index contributed by atoms with van der Waals surface area (Å²) in [5.41, 5.74) is 5.92. The molecule has 1 heterocycles. The van der Waals surface area contributed by atoms with E-state index in [9.17, 15) is 9.18 Å². The van der Waals surface area contributed by atoms with Gasteiger partial charge < -0.3 is 20.5 Å². The molecule has 0 aliphatic carbocycles. The molecular formula is C13H18ClFN2O3. The van der Waals surface area contributed by atoms with Gasteiger partial charge in [0.15, 0.2) is 0 Å². The van der Waals surface area contributed by atoms with Crippen LogP contribution in [0.1, 0.15) is 12.8 Å². The average molecular weight is 305 g/mol. The van der Waals surface area contributed by atoms with E-state index in [1.807, 2.05) is 0 Å². The first kappa shape index (κ1) is 16.7. The van der Waals surface area contributed by atoms with Gasteiger partial charge in [-0.3, -0.25) is 4.79 Å². The first-order valence-corrected chi connectivity index (χ1v) is 6.14. The van der Waals surface area contributed by atoms with Gasteiger partial charge in [0.2, 0.25) is 0 Å². The summed E-state index contributed by atoms with van der Waals surface area (Å²) >= 11 is 0. The first-order valence-electron chi connectivity index (χ1n) is 6.14. The van der Waals surface area contributed by atoms with Gasteiger partial charge in [-0.2, -0.15) is 0 Å². The topological polar surface area (TPSA) is 73.6 Å². The second-order valence-electron chi connectivity index (χ2n) is 4.39. The molecule has 1 aliphatic heterocycles. The van der Waals surface area contributed by atoms with Crippen molar-refractivity contribution in [3.63, 3.8) is 0 Å². The summed E-state index contributed by atoms with van der Waals surface area (Å²) < 4.78 is 23.5. The number of anilines is 1. The number of amides is 1. The molecule has 1 amide bonds. The highest BCUT2D eigenvalue weighted by molar-refractivity contribution is 5.95. The number of carbonyl (C=O) groups excluding carboxylic acids is 1. The van der Waals surface area contributed by atoms with Crippen molar-refractivity contribution in [2.75, 3.05) is 19.0 Å². The Morgan fingerprint density at radius 1 is 1.55 bits per heavy atom. The van der Waals surface area contributed by atoms with Gasteiger partial charge in [-0.15, -0.1) is 12.4 Å². The molecule has 1 fully saturated rings. The molecule has 0 aromatic heterocycles. The van der Waals surface area contributed by atoms with E-state index in [2.05, 4.69) is 5.32 Å². The average Bonchev–Trinajstić information content (AvgIpc) is 2.89. The zero-order valence-corrected chi connectivity index (χ0v) is 11.9. The third kappa shape index (κ3) is 3.82. The SMILES string of the molecule is COc1cc(F)ccc1NC(=O)[C@@H]1CC[C@H](CN)O1.Cl. The van der Waals surface area contributed by atoms with E-state index in [0.717, 1.165) is 6.42 Å². The minimum absolute atomic E-state index is 0. The number of methoxy groups -OCH3 is 1. The van der Waals surface area contributed by atoms with Gasteiger partial charge in [-0.05, 0) is 25.0 Å². The number of halogens is 2. The molecule has 1 aromatic rings. The summed E-state index contributed by atoms with van der Waals surface area (Å²) in [6.45, 7) is 0.406. The Hall–Kier alpha value is -1.37. The van der Waals surface area contributed by atoms with E-state index >= 15 is 0 Å². The fourth-order valence-electron chi connectivity index (χ4n) is 2.05. The van der Waals surface area contributed by atoms with Gasteiger partial charge in [-0.1, -0.05) is 0 Å². The zero-order valence-electron chi connectivity index (χ0n) is 11.1. The molecule has 0 spiro atoms. The number of nitrogens with one attached hydrogen (secondary N) is 1. The van der Waals surface area contributed by atoms with Crippen LogP contribution in [0.15, 0.2) is 18.2 Å². The number of carbonyl (C=O) groups is 1. The number of ether oxygens (including phenoxy) is 2. The molecule has 2 rings (SSSR count). The van der Waals surface area contributed by atoms with E-state index < -0.39 is 11.9 Å². The van der Waals surface area contributed by atoms with Crippen LogP contribution in [0, 0.1) is 5.82 Å². The molecule has 0 unspecified atom stereocenters. The van der Waals surface area contributed by atoms with Gasteiger partial charge >= 0.3 is 0 Å². The molecule has 7 heteroatoms. The van der Waals surface area contributed by atoms with Crippen LogP contribution in [0.25, 0.3) is 0 Å². The number of benzene rings is 1. The molecule has 1 aliphatic rings. The molecule has 0 saturated carbocycles. The third-order valence-electron chi connectivity index (χ3n) is 3.08. The van der Waals surface area contributed by atoms with E-state index in [4.69, 9.17) is 15.2 Å². The molecular weight excluding hydrogens is 287 g/mol. The molecule has 0 bridgehead atoms. The van der Waals surface area contributed by atoms with Crippen LogP contribution in [-0.4, -0.2) is 31.8 Å². The number of hydrogen-bond acceptors (Lipinski definition) is 4. The summed E-state index contributed by atoms with van der Waals surface area (Å²) in [5.74, 6) is -0.405. The predicted molar refractivity (Wildman–Crippen MR) is 75.8 cm³/mol. The largest absolute Gasteiger partial charge is 0.494 e. The maximum Gasteiger partial charge on any atom is 0.253 e.